The molecule has 0 aliphatic heterocycles. The van der Waals surface area contributed by atoms with Crippen LogP contribution in [0.1, 0.15) is 18.9 Å². The van der Waals surface area contributed by atoms with Crippen molar-refractivity contribution in [3.63, 3.8) is 0 Å². The summed E-state index contributed by atoms with van der Waals surface area (Å²) >= 11 is 1.49. The SMILES string of the molecule is CCCOc1c(/C=N\Nc2nccs2)cccc1OC. The molecule has 0 aliphatic carbocycles. The lowest BCUT2D eigenvalue weighted by atomic mass is 10.2. The number of para-hydroxylation sites is 1. The number of thiazole rings is 1. The van der Waals surface area contributed by atoms with Gasteiger partial charge in [0.1, 0.15) is 0 Å². The molecule has 2 aromatic rings. The molecule has 1 N–H and O–H groups in total. The minimum atomic E-state index is 0.640. The standard InChI is InChI=1S/C14H17N3O2S/c1-3-8-19-13-11(5-4-6-12(13)18-2)10-16-17-14-15-7-9-20-14/h4-7,9-10H,3,8H2,1-2H3,(H,15,17)/b16-10-. The van der Waals surface area contributed by atoms with Crippen LogP contribution in [0, 0.1) is 0 Å². The van der Waals surface area contributed by atoms with Gasteiger partial charge in [0, 0.05) is 17.1 Å². The summed E-state index contributed by atoms with van der Waals surface area (Å²) < 4.78 is 11.1. The van der Waals surface area contributed by atoms with Gasteiger partial charge >= 0.3 is 0 Å². The van der Waals surface area contributed by atoms with Gasteiger partial charge in [-0.3, -0.25) is 5.43 Å². The van der Waals surface area contributed by atoms with Crippen molar-refractivity contribution in [2.24, 2.45) is 5.10 Å². The molecule has 0 aliphatic rings. The lowest BCUT2D eigenvalue weighted by molar-refractivity contribution is 0.294. The topological polar surface area (TPSA) is 55.7 Å². The quantitative estimate of drug-likeness (QED) is 0.627. The first-order valence-corrected chi connectivity index (χ1v) is 7.21. The minimum absolute atomic E-state index is 0.640. The van der Waals surface area contributed by atoms with Gasteiger partial charge in [0.15, 0.2) is 11.5 Å². The Morgan fingerprint density at radius 2 is 2.35 bits per heavy atom. The van der Waals surface area contributed by atoms with Crippen LogP contribution < -0.4 is 14.9 Å². The Hall–Kier alpha value is -2.08. The fraction of sp³-hybridized carbons (Fsp3) is 0.286. The Balaban J connectivity index is 2.14. The Labute approximate surface area is 122 Å². The number of benzene rings is 1. The number of methoxy groups -OCH3 is 1. The van der Waals surface area contributed by atoms with Crippen molar-refractivity contribution >= 4 is 22.7 Å². The van der Waals surface area contributed by atoms with Crippen LogP contribution in [-0.4, -0.2) is 24.9 Å². The molecule has 0 bridgehead atoms. The number of rotatable bonds is 7. The van der Waals surface area contributed by atoms with Crippen LogP contribution in [0.15, 0.2) is 34.9 Å². The second-order valence-electron chi connectivity index (χ2n) is 3.93. The third-order valence-corrected chi connectivity index (χ3v) is 3.15. The predicted molar refractivity (Wildman–Crippen MR) is 82.1 cm³/mol. The van der Waals surface area contributed by atoms with E-state index in [1.54, 1.807) is 19.5 Å². The number of anilines is 1. The van der Waals surface area contributed by atoms with Crippen LogP contribution in [0.5, 0.6) is 11.5 Å². The van der Waals surface area contributed by atoms with E-state index in [2.05, 4.69) is 22.4 Å². The molecule has 0 atom stereocenters. The number of aromatic nitrogens is 1. The molecule has 0 saturated heterocycles. The van der Waals surface area contributed by atoms with Gasteiger partial charge in [0.05, 0.1) is 19.9 Å². The molecule has 0 spiro atoms. The number of hydrogen-bond donors (Lipinski definition) is 1. The summed E-state index contributed by atoms with van der Waals surface area (Å²) in [4.78, 5) is 4.09. The molecule has 5 nitrogen and oxygen atoms in total. The highest BCUT2D eigenvalue weighted by molar-refractivity contribution is 7.13. The van der Waals surface area contributed by atoms with Gasteiger partial charge in [-0.1, -0.05) is 13.0 Å². The molecule has 106 valence electrons. The number of nitrogens with zero attached hydrogens (tertiary/aromatic N) is 2. The van der Waals surface area contributed by atoms with E-state index < -0.39 is 0 Å². The number of ether oxygens (including phenoxy) is 2. The molecule has 0 saturated carbocycles. The monoisotopic (exact) mass is 291 g/mol. The maximum atomic E-state index is 5.74. The molecule has 2 rings (SSSR count). The normalized spacial score (nSPS) is 10.7. The molecule has 1 heterocycles. The fourth-order valence-corrected chi connectivity index (χ4v) is 2.07. The lowest BCUT2D eigenvalue weighted by Crippen LogP contribution is -2.01. The first-order chi connectivity index (χ1) is 9.85. The summed E-state index contributed by atoms with van der Waals surface area (Å²) in [6, 6.07) is 5.71. The fourth-order valence-electron chi connectivity index (χ4n) is 1.59. The van der Waals surface area contributed by atoms with Gasteiger partial charge in [0.2, 0.25) is 5.13 Å². The Morgan fingerprint density at radius 1 is 1.45 bits per heavy atom. The Bertz CT molecular complexity index is 556. The van der Waals surface area contributed by atoms with Gasteiger partial charge < -0.3 is 9.47 Å². The molecule has 0 fully saturated rings. The van der Waals surface area contributed by atoms with E-state index in [9.17, 15) is 0 Å². The number of hydrogen-bond acceptors (Lipinski definition) is 6. The second-order valence-corrected chi connectivity index (χ2v) is 4.83. The van der Waals surface area contributed by atoms with Crippen LogP contribution in [0.2, 0.25) is 0 Å². The highest BCUT2D eigenvalue weighted by Gasteiger charge is 2.08. The summed E-state index contributed by atoms with van der Waals surface area (Å²) in [5.74, 6) is 1.41. The maximum Gasteiger partial charge on any atom is 0.203 e. The van der Waals surface area contributed by atoms with E-state index in [4.69, 9.17) is 9.47 Å². The summed E-state index contributed by atoms with van der Waals surface area (Å²) in [6.45, 7) is 2.70. The zero-order chi connectivity index (χ0) is 14.2. The van der Waals surface area contributed by atoms with Gasteiger partial charge in [-0.25, -0.2) is 4.98 Å². The predicted octanol–water partition coefficient (Wildman–Crippen LogP) is 3.39. The van der Waals surface area contributed by atoms with Crippen LogP contribution in [-0.2, 0) is 0 Å². The zero-order valence-corrected chi connectivity index (χ0v) is 12.3. The summed E-state index contributed by atoms with van der Waals surface area (Å²) in [5, 5.41) is 6.80. The smallest absolute Gasteiger partial charge is 0.203 e. The highest BCUT2D eigenvalue weighted by atomic mass is 32.1. The third-order valence-electron chi connectivity index (χ3n) is 2.48. The average molecular weight is 291 g/mol. The van der Waals surface area contributed by atoms with Crippen molar-refractivity contribution in [1.82, 2.24) is 4.98 Å². The third kappa shape index (κ3) is 3.71. The van der Waals surface area contributed by atoms with Gasteiger partial charge in [0.25, 0.3) is 0 Å². The van der Waals surface area contributed by atoms with Gasteiger partial charge in [-0.05, 0) is 18.6 Å². The van der Waals surface area contributed by atoms with Gasteiger partial charge in [-0.2, -0.15) is 5.10 Å². The largest absolute Gasteiger partial charge is 0.493 e. The lowest BCUT2D eigenvalue weighted by Gasteiger charge is -2.12. The van der Waals surface area contributed by atoms with Crippen molar-refractivity contribution in [3.05, 3.63) is 35.3 Å². The summed E-state index contributed by atoms with van der Waals surface area (Å²) in [6.07, 6.45) is 4.37. The molecule has 0 radical (unpaired) electrons. The average Bonchev–Trinajstić information content (AvgIpc) is 2.98. The van der Waals surface area contributed by atoms with Crippen LogP contribution in [0.4, 0.5) is 5.13 Å². The van der Waals surface area contributed by atoms with Crippen LogP contribution >= 0.6 is 11.3 Å². The Morgan fingerprint density at radius 3 is 3.05 bits per heavy atom. The van der Waals surface area contributed by atoms with E-state index in [1.807, 2.05) is 23.6 Å². The number of hydrazone groups is 1. The van der Waals surface area contributed by atoms with Crippen LogP contribution in [0.3, 0.4) is 0 Å². The Kier molecular flexibility index (Phi) is 5.37. The molecule has 1 aromatic heterocycles. The highest BCUT2D eigenvalue weighted by Crippen LogP contribution is 2.30. The van der Waals surface area contributed by atoms with Crippen molar-refractivity contribution < 1.29 is 9.47 Å². The molecule has 20 heavy (non-hydrogen) atoms. The molecule has 1 aromatic carbocycles. The van der Waals surface area contributed by atoms with Crippen molar-refractivity contribution in [3.8, 4) is 11.5 Å². The second kappa shape index (κ2) is 7.49. The summed E-state index contributed by atoms with van der Waals surface area (Å²) in [5.41, 5.74) is 3.74. The van der Waals surface area contributed by atoms with Crippen molar-refractivity contribution in [2.75, 3.05) is 19.1 Å². The van der Waals surface area contributed by atoms with Gasteiger partial charge in [-0.15, -0.1) is 11.3 Å². The van der Waals surface area contributed by atoms with Crippen molar-refractivity contribution in [2.45, 2.75) is 13.3 Å². The molecule has 6 heteroatoms. The minimum Gasteiger partial charge on any atom is -0.493 e. The summed E-state index contributed by atoms with van der Waals surface area (Å²) in [7, 11) is 1.63. The number of nitrogens with one attached hydrogen (secondary N) is 1. The molecular formula is C14H17N3O2S. The van der Waals surface area contributed by atoms with E-state index in [0.29, 0.717) is 18.1 Å². The van der Waals surface area contributed by atoms with E-state index in [1.165, 1.54) is 11.3 Å². The van der Waals surface area contributed by atoms with E-state index >= 15 is 0 Å². The molecule has 0 unspecified atom stereocenters. The van der Waals surface area contributed by atoms with Crippen molar-refractivity contribution in [1.29, 1.82) is 0 Å². The first kappa shape index (κ1) is 14.3. The zero-order valence-electron chi connectivity index (χ0n) is 11.5. The maximum absolute atomic E-state index is 5.74. The van der Waals surface area contributed by atoms with E-state index in [-0.39, 0.29) is 0 Å². The first-order valence-electron chi connectivity index (χ1n) is 6.33. The molecule has 0 amide bonds. The molecular weight excluding hydrogens is 274 g/mol. The van der Waals surface area contributed by atoms with E-state index in [0.717, 1.165) is 17.1 Å². The van der Waals surface area contributed by atoms with Crippen LogP contribution in [0.25, 0.3) is 0 Å².